The van der Waals surface area contributed by atoms with Crippen molar-refractivity contribution in [2.45, 2.75) is 0 Å². The van der Waals surface area contributed by atoms with Crippen molar-refractivity contribution in [1.29, 1.82) is 0 Å². The SMILES string of the molecule is O=C(CNc1ccc(Br)cc1Cl)Nc1cccc(Cl)c1. The minimum atomic E-state index is -0.175. The molecule has 0 aliphatic heterocycles. The van der Waals surface area contributed by atoms with Crippen molar-refractivity contribution in [2.24, 2.45) is 0 Å². The number of benzene rings is 2. The van der Waals surface area contributed by atoms with E-state index in [1.807, 2.05) is 6.07 Å². The third kappa shape index (κ3) is 4.40. The zero-order chi connectivity index (χ0) is 14.5. The average Bonchev–Trinajstić information content (AvgIpc) is 2.37. The maximum absolute atomic E-state index is 11.8. The number of anilines is 2. The Morgan fingerprint density at radius 1 is 1.15 bits per heavy atom. The molecule has 0 saturated carbocycles. The standard InChI is InChI=1S/C14H11BrCl2N2O/c15-9-4-5-13(12(17)6-9)18-8-14(20)19-11-3-1-2-10(16)7-11/h1-7,18H,8H2,(H,19,20). The zero-order valence-electron chi connectivity index (χ0n) is 10.3. The Balaban J connectivity index is 1.92. The molecule has 0 saturated heterocycles. The summed E-state index contributed by atoms with van der Waals surface area (Å²) in [4.78, 5) is 11.8. The molecule has 0 aromatic heterocycles. The Labute approximate surface area is 135 Å². The van der Waals surface area contributed by atoms with Gasteiger partial charge >= 0.3 is 0 Å². The normalized spacial score (nSPS) is 10.2. The van der Waals surface area contributed by atoms with Gasteiger partial charge in [0, 0.05) is 15.2 Å². The van der Waals surface area contributed by atoms with Gasteiger partial charge in [0.2, 0.25) is 5.91 Å². The maximum Gasteiger partial charge on any atom is 0.243 e. The Bertz CT molecular complexity index is 634. The van der Waals surface area contributed by atoms with Gasteiger partial charge in [0.25, 0.3) is 0 Å². The van der Waals surface area contributed by atoms with Crippen molar-refractivity contribution in [3.8, 4) is 0 Å². The number of hydrogen-bond donors (Lipinski definition) is 2. The number of carbonyl (C=O) groups is 1. The van der Waals surface area contributed by atoms with Gasteiger partial charge in [0.05, 0.1) is 17.3 Å². The first-order valence-corrected chi connectivity index (χ1v) is 7.34. The van der Waals surface area contributed by atoms with Crippen molar-refractivity contribution in [3.05, 3.63) is 57.0 Å². The molecule has 0 bridgehead atoms. The topological polar surface area (TPSA) is 41.1 Å². The third-order valence-corrected chi connectivity index (χ3v) is 3.52. The Morgan fingerprint density at radius 3 is 2.65 bits per heavy atom. The van der Waals surface area contributed by atoms with Crippen LogP contribution in [0.3, 0.4) is 0 Å². The van der Waals surface area contributed by atoms with E-state index in [-0.39, 0.29) is 12.5 Å². The predicted molar refractivity (Wildman–Crippen MR) is 87.7 cm³/mol. The van der Waals surface area contributed by atoms with Crippen LogP contribution in [0.4, 0.5) is 11.4 Å². The second-order valence-corrected chi connectivity index (χ2v) is 5.80. The lowest BCUT2D eigenvalue weighted by atomic mass is 10.3. The average molecular weight is 374 g/mol. The Hall–Kier alpha value is -1.23. The minimum Gasteiger partial charge on any atom is -0.375 e. The van der Waals surface area contributed by atoms with E-state index in [0.717, 1.165) is 4.47 Å². The number of carbonyl (C=O) groups excluding carboxylic acids is 1. The first-order valence-electron chi connectivity index (χ1n) is 5.79. The largest absolute Gasteiger partial charge is 0.375 e. The fourth-order valence-electron chi connectivity index (χ4n) is 1.58. The summed E-state index contributed by atoms with van der Waals surface area (Å²) < 4.78 is 0.886. The highest BCUT2D eigenvalue weighted by Gasteiger charge is 2.05. The van der Waals surface area contributed by atoms with Crippen LogP contribution in [0.2, 0.25) is 10.0 Å². The van der Waals surface area contributed by atoms with Gasteiger partial charge in [-0.25, -0.2) is 0 Å². The maximum atomic E-state index is 11.8. The van der Waals surface area contributed by atoms with Gasteiger partial charge < -0.3 is 10.6 Å². The molecule has 2 rings (SSSR count). The van der Waals surface area contributed by atoms with Crippen molar-refractivity contribution in [3.63, 3.8) is 0 Å². The smallest absolute Gasteiger partial charge is 0.243 e. The molecule has 0 heterocycles. The van der Waals surface area contributed by atoms with Gasteiger partial charge in [-0.1, -0.05) is 45.2 Å². The number of rotatable bonds is 4. The fraction of sp³-hybridized carbons (Fsp3) is 0.0714. The summed E-state index contributed by atoms with van der Waals surface area (Å²) in [6.07, 6.45) is 0. The predicted octanol–water partition coefficient (Wildman–Crippen LogP) is 4.81. The highest BCUT2D eigenvalue weighted by Crippen LogP contribution is 2.25. The lowest BCUT2D eigenvalue weighted by Crippen LogP contribution is -2.21. The van der Waals surface area contributed by atoms with Gasteiger partial charge in [-0.05, 0) is 36.4 Å². The van der Waals surface area contributed by atoms with E-state index in [0.29, 0.717) is 21.4 Å². The molecule has 0 aliphatic rings. The van der Waals surface area contributed by atoms with Crippen LogP contribution >= 0.6 is 39.1 Å². The fourth-order valence-corrected chi connectivity index (χ4v) is 2.51. The van der Waals surface area contributed by atoms with Gasteiger partial charge in [-0.3, -0.25) is 4.79 Å². The molecule has 1 amide bonds. The van der Waals surface area contributed by atoms with E-state index in [1.165, 1.54) is 0 Å². The van der Waals surface area contributed by atoms with Crippen molar-refractivity contribution >= 4 is 56.4 Å². The molecule has 3 nitrogen and oxygen atoms in total. The summed E-state index contributed by atoms with van der Waals surface area (Å²) in [5.74, 6) is -0.175. The summed E-state index contributed by atoms with van der Waals surface area (Å²) in [6, 6.07) is 12.4. The van der Waals surface area contributed by atoms with Crippen LogP contribution in [0, 0.1) is 0 Å². The molecule has 20 heavy (non-hydrogen) atoms. The summed E-state index contributed by atoms with van der Waals surface area (Å²) >= 11 is 15.2. The molecule has 0 spiro atoms. The number of amides is 1. The molecule has 0 atom stereocenters. The number of halogens is 3. The second-order valence-electron chi connectivity index (χ2n) is 4.04. The molecule has 6 heteroatoms. The first kappa shape index (κ1) is 15.2. The summed E-state index contributed by atoms with van der Waals surface area (Å²) in [5, 5.41) is 6.85. The van der Waals surface area contributed by atoms with Gasteiger partial charge in [0.15, 0.2) is 0 Å². The molecule has 2 aromatic rings. The van der Waals surface area contributed by atoms with E-state index >= 15 is 0 Å². The highest BCUT2D eigenvalue weighted by molar-refractivity contribution is 9.10. The summed E-state index contributed by atoms with van der Waals surface area (Å²) in [6.45, 7) is 0.119. The number of hydrogen-bond acceptors (Lipinski definition) is 2. The lowest BCUT2D eigenvalue weighted by molar-refractivity contribution is -0.114. The Kier molecular flexibility index (Phi) is 5.29. The van der Waals surface area contributed by atoms with E-state index in [4.69, 9.17) is 23.2 Å². The van der Waals surface area contributed by atoms with Crippen LogP contribution in [-0.4, -0.2) is 12.5 Å². The van der Waals surface area contributed by atoms with Gasteiger partial charge in [-0.2, -0.15) is 0 Å². The van der Waals surface area contributed by atoms with Crippen molar-refractivity contribution in [1.82, 2.24) is 0 Å². The third-order valence-electron chi connectivity index (χ3n) is 2.48. The van der Waals surface area contributed by atoms with Crippen molar-refractivity contribution in [2.75, 3.05) is 17.2 Å². The van der Waals surface area contributed by atoms with Crippen LogP contribution in [0.25, 0.3) is 0 Å². The summed E-state index contributed by atoms with van der Waals surface area (Å²) in [5.41, 5.74) is 1.36. The van der Waals surface area contributed by atoms with Gasteiger partial charge in [-0.15, -0.1) is 0 Å². The molecule has 0 unspecified atom stereocenters. The van der Waals surface area contributed by atoms with Crippen LogP contribution in [0.1, 0.15) is 0 Å². The zero-order valence-corrected chi connectivity index (χ0v) is 13.4. The van der Waals surface area contributed by atoms with Crippen LogP contribution in [0.5, 0.6) is 0 Å². The summed E-state index contributed by atoms with van der Waals surface area (Å²) in [7, 11) is 0. The first-order chi connectivity index (χ1) is 9.54. The molecule has 0 radical (unpaired) electrons. The lowest BCUT2D eigenvalue weighted by Gasteiger charge is -2.09. The molecule has 0 fully saturated rings. The van der Waals surface area contributed by atoms with Crippen LogP contribution < -0.4 is 10.6 Å². The van der Waals surface area contributed by atoms with Crippen LogP contribution in [0.15, 0.2) is 46.9 Å². The van der Waals surface area contributed by atoms with Crippen molar-refractivity contribution < 1.29 is 4.79 Å². The van der Waals surface area contributed by atoms with Gasteiger partial charge in [0.1, 0.15) is 0 Å². The molecular formula is C14H11BrCl2N2O. The van der Waals surface area contributed by atoms with E-state index in [1.54, 1.807) is 36.4 Å². The quantitative estimate of drug-likeness (QED) is 0.807. The van der Waals surface area contributed by atoms with E-state index in [2.05, 4.69) is 26.6 Å². The molecule has 0 aliphatic carbocycles. The molecule has 104 valence electrons. The van der Waals surface area contributed by atoms with Crippen LogP contribution in [-0.2, 0) is 4.79 Å². The second kappa shape index (κ2) is 6.97. The molecule has 2 N–H and O–H groups in total. The molecular weight excluding hydrogens is 363 g/mol. The Morgan fingerprint density at radius 2 is 1.95 bits per heavy atom. The molecule has 2 aromatic carbocycles. The highest BCUT2D eigenvalue weighted by atomic mass is 79.9. The monoisotopic (exact) mass is 372 g/mol. The van der Waals surface area contributed by atoms with E-state index in [9.17, 15) is 4.79 Å². The van der Waals surface area contributed by atoms with E-state index < -0.39 is 0 Å². The number of nitrogens with one attached hydrogen (secondary N) is 2. The minimum absolute atomic E-state index is 0.119.